The van der Waals surface area contributed by atoms with Gasteiger partial charge in [-0.1, -0.05) is 55.5 Å². The number of fused-ring (bicyclic) bond motifs is 2. The predicted octanol–water partition coefficient (Wildman–Crippen LogP) is 5.43. The Kier molecular flexibility index (Phi) is 5.14. The summed E-state index contributed by atoms with van der Waals surface area (Å²) in [6, 6.07) is 19.8. The van der Waals surface area contributed by atoms with E-state index in [1.54, 1.807) is 6.92 Å². The first-order valence-corrected chi connectivity index (χ1v) is 9.85. The van der Waals surface area contributed by atoms with Gasteiger partial charge in [0.1, 0.15) is 6.07 Å². The first-order chi connectivity index (χ1) is 14.1. The highest BCUT2D eigenvalue weighted by molar-refractivity contribution is 6.06. The van der Waals surface area contributed by atoms with E-state index in [-0.39, 0.29) is 0 Å². The van der Waals surface area contributed by atoms with Crippen LogP contribution in [0.2, 0.25) is 0 Å². The number of hydrogen-bond acceptors (Lipinski definition) is 4. The molecule has 1 aliphatic carbocycles. The Balaban J connectivity index is 1.94. The van der Waals surface area contributed by atoms with E-state index in [0.29, 0.717) is 11.5 Å². The van der Waals surface area contributed by atoms with Crippen molar-refractivity contribution in [3.8, 4) is 6.07 Å². The van der Waals surface area contributed by atoms with Crippen molar-refractivity contribution in [3.05, 3.63) is 77.0 Å². The van der Waals surface area contributed by atoms with Gasteiger partial charge in [0.05, 0.1) is 16.8 Å². The molecule has 0 spiro atoms. The Morgan fingerprint density at radius 2 is 1.90 bits per heavy atom. The zero-order chi connectivity index (χ0) is 20.4. The van der Waals surface area contributed by atoms with Crippen LogP contribution in [-0.2, 0) is 11.2 Å². The molecule has 3 aromatic rings. The summed E-state index contributed by atoms with van der Waals surface area (Å²) in [6.45, 7) is 3.76. The molecule has 0 N–H and O–H groups in total. The molecular formula is C25H22N2O2. The van der Waals surface area contributed by atoms with Crippen molar-refractivity contribution < 1.29 is 9.53 Å². The lowest BCUT2D eigenvalue weighted by molar-refractivity contribution is 0.0436. The maximum Gasteiger partial charge on any atom is 0.340 e. The SMILES string of the molecule is C[C@@H]1C/C(=C/c2ccccc2)c2nc3ccccc3c(C(=O)O[C@@H](C)C#N)c2C1. The highest BCUT2D eigenvalue weighted by atomic mass is 16.5. The van der Waals surface area contributed by atoms with E-state index in [1.807, 2.05) is 48.5 Å². The Morgan fingerprint density at radius 1 is 1.17 bits per heavy atom. The van der Waals surface area contributed by atoms with E-state index in [9.17, 15) is 4.79 Å². The van der Waals surface area contributed by atoms with E-state index >= 15 is 0 Å². The molecule has 2 aromatic carbocycles. The van der Waals surface area contributed by atoms with Gasteiger partial charge in [0.25, 0.3) is 0 Å². The van der Waals surface area contributed by atoms with Gasteiger partial charge in [-0.2, -0.15) is 5.26 Å². The zero-order valence-electron chi connectivity index (χ0n) is 16.6. The number of benzene rings is 2. The number of pyridine rings is 1. The van der Waals surface area contributed by atoms with Crippen LogP contribution in [-0.4, -0.2) is 17.1 Å². The highest BCUT2D eigenvalue weighted by Crippen LogP contribution is 2.38. The van der Waals surface area contributed by atoms with Crippen LogP contribution in [0.3, 0.4) is 0 Å². The van der Waals surface area contributed by atoms with Crippen molar-refractivity contribution in [1.29, 1.82) is 5.26 Å². The molecule has 0 saturated heterocycles. The largest absolute Gasteiger partial charge is 0.444 e. The van der Waals surface area contributed by atoms with Gasteiger partial charge in [-0.25, -0.2) is 9.78 Å². The molecule has 0 saturated carbocycles. The van der Waals surface area contributed by atoms with E-state index in [0.717, 1.165) is 46.1 Å². The van der Waals surface area contributed by atoms with E-state index in [4.69, 9.17) is 15.0 Å². The van der Waals surface area contributed by atoms with E-state index in [1.165, 1.54) is 0 Å². The number of esters is 1. The molecule has 2 atom stereocenters. The number of ether oxygens (including phenoxy) is 1. The minimum atomic E-state index is -0.801. The second-order valence-corrected chi connectivity index (χ2v) is 7.60. The maximum atomic E-state index is 13.1. The van der Waals surface area contributed by atoms with Crippen LogP contribution < -0.4 is 0 Å². The topological polar surface area (TPSA) is 63.0 Å². The minimum absolute atomic E-state index is 0.375. The second-order valence-electron chi connectivity index (χ2n) is 7.60. The van der Waals surface area contributed by atoms with Crippen molar-refractivity contribution in [3.63, 3.8) is 0 Å². The summed E-state index contributed by atoms with van der Waals surface area (Å²) in [6.07, 6.45) is 3.01. The van der Waals surface area contributed by atoms with Gasteiger partial charge in [-0.05, 0) is 54.5 Å². The molecule has 0 fully saturated rings. The number of para-hydroxylation sites is 1. The number of carbonyl (C=O) groups excluding carboxylic acids is 1. The Morgan fingerprint density at radius 3 is 2.66 bits per heavy atom. The first kappa shape index (κ1) is 18.9. The summed E-state index contributed by atoms with van der Waals surface area (Å²) in [4.78, 5) is 18.0. The molecule has 0 amide bonds. The van der Waals surface area contributed by atoms with E-state index < -0.39 is 12.1 Å². The summed E-state index contributed by atoms with van der Waals surface area (Å²) in [5.74, 6) is -0.0811. The Hall–Kier alpha value is -3.45. The molecule has 1 aromatic heterocycles. The number of allylic oxidation sites excluding steroid dienone is 1. The van der Waals surface area contributed by atoms with Crippen molar-refractivity contribution >= 4 is 28.5 Å². The lowest BCUT2D eigenvalue weighted by Gasteiger charge is -2.26. The fourth-order valence-corrected chi connectivity index (χ4v) is 3.97. The Labute approximate surface area is 170 Å². The maximum absolute atomic E-state index is 13.1. The van der Waals surface area contributed by atoms with Crippen molar-refractivity contribution in [2.24, 2.45) is 5.92 Å². The lowest BCUT2D eigenvalue weighted by Crippen LogP contribution is -2.21. The molecular weight excluding hydrogens is 360 g/mol. The van der Waals surface area contributed by atoms with Gasteiger partial charge in [0, 0.05) is 5.39 Å². The average molecular weight is 382 g/mol. The van der Waals surface area contributed by atoms with Crippen LogP contribution >= 0.6 is 0 Å². The smallest absolute Gasteiger partial charge is 0.340 e. The Bertz CT molecular complexity index is 1140. The predicted molar refractivity (Wildman–Crippen MR) is 114 cm³/mol. The highest BCUT2D eigenvalue weighted by Gasteiger charge is 2.29. The van der Waals surface area contributed by atoms with Crippen LogP contribution in [0.15, 0.2) is 54.6 Å². The number of nitrogens with zero attached hydrogens (tertiary/aromatic N) is 2. The van der Waals surface area contributed by atoms with Gasteiger partial charge in [-0.15, -0.1) is 0 Å². The number of nitriles is 1. The number of carbonyl (C=O) groups is 1. The van der Waals surface area contributed by atoms with Gasteiger partial charge in [0.2, 0.25) is 0 Å². The van der Waals surface area contributed by atoms with Crippen molar-refractivity contribution in [2.75, 3.05) is 0 Å². The lowest BCUT2D eigenvalue weighted by atomic mass is 9.80. The van der Waals surface area contributed by atoms with Crippen LogP contribution in [0.5, 0.6) is 0 Å². The molecule has 0 unspecified atom stereocenters. The third-order valence-electron chi connectivity index (χ3n) is 5.23. The molecule has 4 rings (SSSR count). The number of aromatic nitrogens is 1. The van der Waals surface area contributed by atoms with Crippen LogP contribution in [0.4, 0.5) is 0 Å². The third-order valence-corrected chi connectivity index (χ3v) is 5.23. The van der Waals surface area contributed by atoms with Gasteiger partial charge >= 0.3 is 5.97 Å². The van der Waals surface area contributed by atoms with Crippen LogP contribution in [0.1, 0.15) is 47.4 Å². The van der Waals surface area contributed by atoms with Crippen molar-refractivity contribution in [2.45, 2.75) is 32.8 Å². The number of hydrogen-bond donors (Lipinski definition) is 0. The normalized spacial score (nSPS) is 18.1. The second kappa shape index (κ2) is 7.89. The summed E-state index contributed by atoms with van der Waals surface area (Å²) < 4.78 is 5.40. The molecule has 4 heteroatoms. The van der Waals surface area contributed by atoms with Crippen molar-refractivity contribution in [1.82, 2.24) is 4.98 Å². The molecule has 4 nitrogen and oxygen atoms in total. The first-order valence-electron chi connectivity index (χ1n) is 9.85. The summed E-state index contributed by atoms with van der Waals surface area (Å²) in [5, 5.41) is 9.85. The van der Waals surface area contributed by atoms with Gasteiger partial charge in [-0.3, -0.25) is 0 Å². The van der Waals surface area contributed by atoms with Gasteiger partial charge in [0.15, 0.2) is 6.10 Å². The zero-order valence-corrected chi connectivity index (χ0v) is 16.6. The monoisotopic (exact) mass is 382 g/mol. The summed E-state index contributed by atoms with van der Waals surface area (Å²) >= 11 is 0. The molecule has 0 aliphatic heterocycles. The fourth-order valence-electron chi connectivity index (χ4n) is 3.97. The molecule has 1 heterocycles. The van der Waals surface area contributed by atoms with E-state index in [2.05, 4.69) is 25.1 Å². The molecule has 1 aliphatic rings. The third kappa shape index (κ3) is 3.77. The summed E-state index contributed by atoms with van der Waals surface area (Å²) in [7, 11) is 0. The molecule has 0 bridgehead atoms. The van der Waals surface area contributed by atoms with Crippen LogP contribution in [0, 0.1) is 17.2 Å². The average Bonchev–Trinajstić information content (AvgIpc) is 2.72. The molecule has 0 radical (unpaired) electrons. The standard InChI is InChI=1S/C25H22N2O2/c1-16-12-19(14-18-8-4-3-5-9-18)24-21(13-16)23(25(28)29-17(2)15-26)20-10-6-7-11-22(20)27-24/h3-11,14,16-17H,12-13H2,1-2H3/b19-14-/t16-,17+/m1/s1. The molecule has 144 valence electrons. The quantitative estimate of drug-likeness (QED) is 0.567. The minimum Gasteiger partial charge on any atom is -0.444 e. The fraction of sp³-hybridized carbons (Fsp3) is 0.240. The molecule has 29 heavy (non-hydrogen) atoms. The number of rotatable bonds is 3. The summed E-state index contributed by atoms with van der Waals surface area (Å²) in [5.41, 5.74) is 5.31. The van der Waals surface area contributed by atoms with Gasteiger partial charge < -0.3 is 4.74 Å². The van der Waals surface area contributed by atoms with Crippen LogP contribution in [0.25, 0.3) is 22.6 Å².